The summed E-state index contributed by atoms with van der Waals surface area (Å²) in [4.78, 5) is 0. The van der Waals surface area contributed by atoms with Crippen LogP contribution in [0.5, 0.6) is 11.5 Å². The van der Waals surface area contributed by atoms with Crippen molar-refractivity contribution >= 4 is 10.8 Å². The number of fused-ring (bicyclic) bond motifs is 1. The molecular weight excluding hydrogens is 332 g/mol. The molecule has 0 aliphatic rings. The maximum atomic E-state index is 6.06. The third kappa shape index (κ3) is 7.82. The van der Waals surface area contributed by atoms with Gasteiger partial charge in [0.2, 0.25) is 0 Å². The molecule has 2 heteroatoms. The fourth-order valence-electron chi connectivity index (χ4n) is 3.40. The third-order valence-electron chi connectivity index (χ3n) is 5.13. The van der Waals surface area contributed by atoms with E-state index in [0.29, 0.717) is 0 Å². The van der Waals surface area contributed by atoms with Crippen LogP contribution in [0.4, 0.5) is 0 Å². The molecule has 0 heterocycles. The minimum absolute atomic E-state index is 0.808. The van der Waals surface area contributed by atoms with Crippen LogP contribution in [0, 0.1) is 6.92 Å². The summed E-state index contributed by atoms with van der Waals surface area (Å²) in [6.07, 6.45) is 12.7. The van der Waals surface area contributed by atoms with E-state index in [2.05, 4.69) is 51.1 Å². The van der Waals surface area contributed by atoms with Crippen molar-refractivity contribution in [3.05, 3.63) is 35.9 Å². The van der Waals surface area contributed by atoms with Gasteiger partial charge in [0.25, 0.3) is 0 Å². The highest BCUT2D eigenvalue weighted by Crippen LogP contribution is 2.28. The quantitative estimate of drug-likeness (QED) is 0.315. The van der Waals surface area contributed by atoms with E-state index >= 15 is 0 Å². The predicted octanol–water partition coefficient (Wildman–Crippen LogP) is 7.85. The number of benzene rings is 2. The van der Waals surface area contributed by atoms with Gasteiger partial charge in [-0.25, -0.2) is 0 Å². The maximum Gasteiger partial charge on any atom is 0.122 e. The van der Waals surface area contributed by atoms with Gasteiger partial charge in [-0.1, -0.05) is 71.3 Å². The molecule has 2 aromatic rings. The van der Waals surface area contributed by atoms with Crippen LogP contribution in [0.25, 0.3) is 10.8 Å². The lowest BCUT2D eigenvalue weighted by Crippen LogP contribution is -1.99. The van der Waals surface area contributed by atoms with E-state index in [1.54, 1.807) is 0 Å². The van der Waals surface area contributed by atoms with Gasteiger partial charge >= 0.3 is 0 Å². The Kier molecular flexibility index (Phi) is 10.1. The number of ether oxygens (including phenoxy) is 2. The average molecular weight is 371 g/mol. The Balaban J connectivity index is 1.87. The second-order valence-electron chi connectivity index (χ2n) is 7.65. The molecule has 0 amide bonds. The van der Waals surface area contributed by atoms with Gasteiger partial charge in [0.1, 0.15) is 11.5 Å². The first kappa shape index (κ1) is 21.6. The fraction of sp³-hybridized carbons (Fsp3) is 0.600. The second kappa shape index (κ2) is 12.6. The normalized spacial score (nSPS) is 11.1. The van der Waals surface area contributed by atoms with Crippen molar-refractivity contribution in [3.8, 4) is 11.5 Å². The highest BCUT2D eigenvalue weighted by Gasteiger charge is 2.05. The molecule has 0 fully saturated rings. The molecule has 0 radical (unpaired) electrons. The zero-order valence-electron chi connectivity index (χ0n) is 17.7. The molecule has 0 saturated heterocycles. The topological polar surface area (TPSA) is 18.5 Å². The summed E-state index contributed by atoms with van der Waals surface area (Å²) < 4.78 is 12.0. The Morgan fingerprint density at radius 3 is 1.93 bits per heavy atom. The standard InChI is InChI=1S/C25H38O2/c1-4-6-8-10-12-16-26-24-15-14-22-18-21(3)25(20-23(22)19-24)27-17-13-11-9-7-5-2/h14-15,18-20H,4-13,16-17H2,1-3H3. The van der Waals surface area contributed by atoms with Crippen molar-refractivity contribution in [2.24, 2.45) is 0 Å². The van der Waals surface area contributed by atoms with Crippen LogP contribution in [0.1, 0.15) is 83.6 Å². The van der Waals surface area contributed by atoms with E-state index in [1.165, 1.54) is 67.7 Å². The van der Waals surface area contributed by atoms with Crippen LogP contribution >= 0.6 is 0 Å². The summed E-state index contributed by atoms with van der Waals surface area (Å²) in [6.45, 7) is 8.25. The third-order valence-corrected chi connectivity index (χ3v) is 5.13. The Morgan fingerprint density at radius 1 is 0.630 bits per heavy atom. The monoisotopic (exact) mass is 370 g/mol. The summed E-state index contributed by atoms with van der Waals surface area (Å²) in [7, 11) is 0. The SMILES string of the molecule is CCCCCCCOc1ccc2cc(C)c(OCCCCCCC)cc2c1. The van der Waals surface area contributed by atoms with Gasteiger partial charge in [-0.3, -0.25) is 0 Å². The van der Waals surface area contributed by atoms with Gasteiger partial charge in [-0.15, -0.1) is 0 Å². The molecule has 0 atom stereocenters. The number of hydrogen-bond acceptors (Lipinski definition) is 2. The molecule has 0 spiro atoms. The summed E-state index contributed by atoms with van der Waals surface area (Å²) >= 11 is 0. The van der Waals surface area contributed by atoms with Crippen LogP contribution in [0.15, 0.2) is 30.3 Å². The number of unbranched alkanes of at least 4 members (excludes halogenated alkanes) is 8. The van der Waals surface area contributed by atoms with Gasteiger partial charge in [0.15, 0.2) is 0 Å². The summed E-state index contributed by atoms with van der Waals surface area (Å²) in [5.41, 5.74) is 1.21. The zero-order valence-corrected chi connectivity index (χ0v) is 17.7. The molecule has 0 aromatic heterocycles. The van der Waals surface area contributed by atoms with Crippen LogP contribution in [0.3, 0.4) is 0 Å². The molecule has 0 unspecified atom stereocenters. The smallest absolute Gasteiger partial charge is 0.122 e. The lowest BCUT2D eigenvalue weighted by atomic mass is 10.1. The highest BCUT2D eigenvalue weighted by molar-refractivity contribution is 5.86. The number of hydrogen-bond donors (Lipinski definition) is 0. The van der Waals surface area contributed by atoms with Gasteiger partial charge in [-0.05, 0) is 60.4 Å². The lowest BCUT2D eigenvalue weighted by Gasteiger charge is -2.12. The first-order valence-corrected chi connectivity index (χ1v) is 11.0. The maximum absolute atomic E-state index is 6.06. The number of aryl methyl sites for hydroxylation is 1. The summed E-state index contributed by atoms with van der Waals surface area (Å²) in [6, 6.07) is 10.8. The Morgan fingerprint density at radius 2 is 1.26 bits per heavy atom. The van der Waals surface area contributed by atoms with E-state index in [1.807, 2.05) is 0 Å². The molecule has 0 N–H and O–H groups in total. The zero-order chi connectivity index (χ0) is 19.3. The van der Waals surface area contributed by atoms with Crippen LogP contribution in [0.2, 0.25) is 0 Å². The summed E-state index contributed by atoms with van der Waals surface area (Å²) in [5, 5.41) is 2.45. The minimum Gasteiger partial charge on any atom is -0.494 e. The Labute approximate surface area is 166 Å². The second-order valence-corrected chi connectivity index (χ2v) is 7.65. The van der Waals surface area contributed by atoms with E-state index < -0.39 is 0 Å². The molecule has 150 valence electrons. The largest absolute Gasteiger partial charge is 0.494 e. The molecule has 0 bridgehead atoms. The van der Waals surface area contributed by atoms with Crippen molar-refractivity contribution < 1.29 is 9.47 Å². The first-order valence-electron chi connectivity index (χ1n) is 11.0. The Hall–Kier alpha value is -1.70. The Bertz CT molecular complexity index is 663. The molecule has 2 aromatic carbocycles. The van der Waals surface area contributed by atoms with E-state index in [0.717, 1.165) is 37.6 Å². The first-order chi connectivity index (χ1) is 13.2. The molecule has 2 nitrogen and oxygen atoms in total. The van der Waals surface area contributed by atoms with E-state index in [9.17, 15) is 0 Å². The molecule has 0 aliphatic heterocycles. The molecule has 27 heavy (non-hydrogen) atoms. The van der Waals surface area contributed by atoms with Crippen molar-refractivity contribution in [2.75, 3.05) is 13.2 Å². The van der Waals surface area contributed by atoms with Crippen molar-refractivity contribution in [2.45, 2.75) is 85.0 Å². The molecule has 0 aliphatic carbocycles. The van der Waals surface area contributed by atoms with Crippen LogP contribution < -0.4 is 9.47 Å². The highest BCUT2D eigenvalue weighted by atomic mass is 16.5. The van der Waals surface area contributed by atoms with E-state index in [-0.39, 0.29) is 0 Å². The van der Waals surface area contributed by atoms with Crippen molar-refractivity contribution in [1.29, 1.82) is 0 Å². The van der Waals surface area contributed by atoms with Gasteiger partial charge in [0.05, 0.1) is 13.2 Å². The fourth-order valence-corrected chi connectivity index (χ4v) is 3.40. The van der Waals surface area contributed by atoms with E-state index in [4.69, 9.17) is 9.47 Å². The molecule has 0 saturated carbocycles. The van der Waals surface area contributed by atoms with Gasteiger partial charge < -0.3 is 9.47 Å². The van der Waals surface area contributed by atoms with Gasteiger partial charge in [0, 0.05) is 0 Å². The summed E-state index contributed by atoms with van der Waals surface area (Å²) in [5.74, 6) is 1.97. The predicted molar refractivity (Wildman–Crippen MR) is 117 cm³/mol. The minimum atomic E-state index is 0.808. The molecule has 2 rings (SSSR count). The van der Waals surface area contributed by atoms with Crippen molar-refractivity contribution in [1.82, 2.24) is 0 Å². The van der Waals surface area contributed by atoms with Crippen LogP contribution in [-0.2, 0) is 0 Å². The average Bonchev–Trinajstić information content (AvgIpc) is 2.67. The molecular formula is C25H38O2. The number of rotatable bonds is 14. The van der Waals surface area contributed by atoms with Crippen LogP contribution in [-0.4, -0.2) is 13.2 Å². The van der Waals surface area contributed by atoms with Gasteiger partial charge in [-0.2, -0.15) is 0 Å². The lowest BCUT2D eigenvalue weighted by molar-refractivity contribution is 0.302. The van der Waals surface area contributed by atoms with Crippen molar-refractivity contribution in [3.63, 3.8) is 0 Å².